The van der Waals surface area contributed by atoms with Crippen LogP contribution in [-0.2, 0) is 4.79 Å². The summed E-state index contributed by atoms with van der Waals surface area (Å²) < 4.78 is 1.35. The number of nitrogens with zero attached hydrogens (tertiary/aromatic N) is 3. The van der Waals surface area contributed by atoms with E-state index >= 15 is 0 Å². The fourth-order valence-corrected chi connectivity index (χ4v) is 2.46. The van der Waals surface area contributed by atoms with Crippen LogP contribution in [0.1, 0.15) is 11.4 Å². The van der Waals surface area contributed by atoms with Gasteiger partial charge in [-0.05, 0) is 37.6 Å². The maximum Gasteiger partial charge on any atom is 0.234 e. The summed E-state index contributed by atoms with van der Waals surface area (Å²) in [5.41, 5.74) is 1.65. The number of hydrogen-bond acceptors (Lipinski definition) is 5. The first-order valence-electron chi connectivity index (χ1n) is 5.83. The molecule has 0 aliphatic carbocycles. The number of nitrogens with two attached hydrogens (primary N) is 1. The highest BCUT2D eigenvalue weighted by molar-refractivity contribution is 7.99. The van der Waals surface area contributed by atoms with E-state index in [0.717, 1.165) is 11.3 Å². The Labute approximate surface area is 125 Å². The molecule has 1 heterocycles. The van der Waals surface area contributed by atoms with Gasteiger partial charge in [0.2, 0.25) is 11.1 Å². The summed E-state index contributed by atoms with van der Waals surface area (Å²) in [6.45, 7) is 3.63. The van der Waals surface area contributed by atoms with Gasteiger partial charge >= 0.3 is 0 Å². The average Bonchev–Trinajstić information content (AvgIpc) is 2.71. The summed E-state index contributed by atoms with van der Waals surface area (Å²) in [5, 5.41) is 11.7. The summed E-state index contributed by atoms with van der Waals surface area (Å²) in [4.78, 5) is 11.9. The summed E-state index contributed by atoms with van der Waals surface area (Å²) >= 11 is 7.10. The third-order valence-corrected chi connectivity index (χ3v) is 3.81. The molecule has 0 radical (unpaired) electrons. The van der Waals surface area contributed by atoms with Crippen LogP contribution >= 0.6 is 23.4 Å². The van der Waals surface area contributed by atoms with Gasteiger partial charge in [-0.1, -0.05) is 23.4 Å². The van der Waals surface area contributed by atoms with E-state index in [-0.39, 0.29) is 11.7 Å². The van der Waals surface area contributed by atoms with Gasteiger partial charge in [-0.2, -0.15) is 0 Å². The highest BCUT2D eigenvalue weighted by Crippen LogP contribution is 2.20. The van der Waals surface area contributed by atoms with Crippen molar-refractivity contribution in [2.75, 3.05) is 16.9 Å². The summed E-state index contributed by atoms with van der Waals surface area (Å²) in [6, 6.07) is 5.30. The molecule has 2 rings (SSSR count). The second kappa shape index (κ2) is 6.15. The van der Waals surface area contributed by atoms with Crippen molar-refractivity contribution in [1.82, 2.24) is 14.9 Å². The lowest BCUT2D eigenvalue weighted by atomic mass is 10.2. The average molecular weight is 312 g/mol. The molecule has 1 amide bonds. The summed E-state index contributed by atoms with van der Waals surface area (Å²) in [6.07, 6.45) is 0. The lowest BCUT2D eigenvalue weighted by Gasteiger charge is -2.08. The lowest BCUT2D eigenvalue weighted by Crippen LogP contribution is -2.17. The van der Waals surface area contributed by atoms with Crippen molar-refractivity contribution in [2.45, 2.75) is 19.0 Å². The van der Waals surface area contributed by atoms with E-state index in [1.54, 1.807) is 25.1 Å². The molecule has 1 aromatic heterocycles. The Morgan fingerprint density at radius 2 is 2.20 bits per heavy atom. The number of nitrogens with one attached hydrogen (secondary N) is 1. The van der Waals surface area contributed by atoms with Crippen molar-refractivity contribution in [3.05, 3.63) is 34.6 Å². The number of rotatable bonds is 4. The molecule has 3 N–H and O–H groups in total. The zero-order valence-electron chi connectivity index (χ0n) is 11.1. The number of hydrogen-bond donors (Lipinski definition) is 2. The van der Waals surface area contributed by atoms with Crippen LogP contribution in [0.3, 0.4) is 0 Å². The quantitative estimate of drug-likeness (QED) is 0.666. The van der Waals surface area contributed by atoms with Crippen molar-refractivity contribution < 1.29 is 4.79 Å². The van der Waals surface area contributed by atoms with Crippen molar-refractivity contribution >= 4 is 35.0 Å². The molecular weight excluding hydrogens is 298 g/mol. The van der Waals surface area contributed by atoms with Crippen LogP contribution < -0.4 is 11.2 Å². The van der Waals surface area contributed by atoms with Gasteiger partial charge in [-0.25, -0.2) is 4.68 Å². The van der Waals surface area contributed by atoms with Crippen LogP contribution in [0, 0.1) is 13.8 Å². The molecule has 106 valence electrons. The zero-order chi connectivity index (χ0) is 14.7. The number of aromatic nitrogens is 3. The van der Waals surface area contributed by atoms with Gasteiger partial charge < -0.3 is 11.2 Å². The van der Waals surface area contributed by atoms with E-state index in [1.807, 2.05) is 6.92 Å². The zero-order valence-corrected chi connectivity index (χ0v) is 12.6. The minimum atomic E-state index is -0.138. The second-order valence-corrected chi connectivity index (χ2v) is 5.57. The molecule has 1 aromatic carbocycles. The first-order valence-corrected chi connectivity index (χ1v) is 7.19. The fraction of sp³-hybridized carbons (Fsp3) is 0.250. The number of benzene rings is 1. The molecule has 0 unspecified atom stereocenters. The molecule has 0 fully saturated rings. The first kappa shape index (κ1) is 14.7. The van der Waals surface area contributed by atoms with E-state index in [4.69, 9.17) is 17.4 Å². The normalized spacial score (nSPS) is 10.6. The van der Waals surface area contributed by atoms with Gasteiger partial charge in [0.25, 0.3) is 0 Å². The van der Waals surface area contributed by atoms with Crippen LogP contribution in [0.5, 0.6) is 0 Å². The van der Waals surface area contributed by atoms with Crippen molar-refractivity contribution in [3.63, 3.8) is 0 Å². The standard InChI is InChI=1S/C12H14ClN5OS/c1-7-5-9(13)3-4-10(7)15-11(19)6-20-12-17-16-8(2)18(12)14/h3-5H,6,14H2,1-2H3,(H,15,19). The van der Waals surface area contributed by atoms with Crippen LogP contribution in [0.2, 0.25) is 5.02 Å². The third-order valence-electron chi connectivity index (χ3n) is 2.63. The molecule has 0 spiro atoms. The first-order chi connectivity index (χ1) is 9.47. The smallest absolute Gasteiger partial charge is 0.234 e. The predicted octanol–water partition coefficient (Wildman–Crippen LogP) is 1.99. The largest absolute Gasteiger partial charge is 0.336 e. The number of carbonyl (C=O) groups is 1. The molecule has 0 aliphatic rings. The summed E-state index contributed by atoms with van der Waals surface area (Å²) in [7, 11) is 0. The highest BCUT2D eigenvalue weighted by Gasteiger charge is 2.10. The van der Waals surface area contributed by atoms with E-state index in [2.05, 4.69) is 15.5 Å². The topological polar surface area (TPSA) is 85.8 Å². The van der Waals surface area contributed by atoms with Gasteiger partial charge in [0, 0.05) is 10.7 Å². The van der Waals surface area contributed by atoms with Gasteiger partial charge in [0.1, 0.15) is 5.82 Å². The van der Waals surface area contributed by atoms with Gasteiger partial charge in [0.05, 0.1) is 5.75 Å². The highest BCUT2D eigenvalue weighted by atomic mass is 35.5. The van der Waals surface area contributed by atoms with E-state index < -0.39 is 0 Å². The number of nitrogen functional groups attached to an aromatic ring is 1. The molecular formula is C12H14ClN5OS. The number of amides is 1. The Balaban J connectivity index is 1.94. The number of thioether (sulfide) groups is 1. The van der Waals surface area contributed by atoms with Crippen LogP contribution in [0.15, 0.2) is 23.4 Å². The second-order valence-electron chi connectivity index (χ2n) is 4.20. The predicted molar refractivity (Wildman–Crippen MR) is 80.5 cm³/mol. The minimum absolute atomic E-state index is 0.138. The Bertz CT molecular complexity index is 643. The van der Waals surface area contributed by atoms with Crippen molar-refractivity contribution in [3.8, 4) is 0 Å². The molecule has 6 nitrogen and oxygen atoms in total. The monoisotopic (exact) mass is 311 g/mol. The van der Waals surface area contributed by atoms with Crippen LogP contribution in [-0.4, -0.2) is 26.5 Å². The SMILES string of the molecule is Cc1cc(Cl)ccc1NC(=O)CSc1nnc(C)n1N. The van der Waals surface area contributed by atoms with E-state index in [9.17, 15) is 4.79 Å². The van der Waals surface area contributed by atoms with Crippen molar-refractivity contribution in [2.24, 2.45) is 0 Å². The molecule has 0 bridgehead atoms. The van der Waals surface area contributed by atoms with E-state index in [0.29, 0.717) is 16.0 Å². The summed E-state index contributed by atoms with van der Waals surface area (Å²) in [5.74, 6) is 6.37. The Morgan fingerprint density at radius 3 is 2.80 bits per heavy atom. The molecule has 0 saturated heterocycles. The fourth-order valence-electron chi connectivity index (χ4n) is 1.53. The lowest BCUT2D eigenvalue weighted by molar-refractivity contribution is -0.113. The molecule has 0 atom stereocenters. The number of halogens is 1. The molecule has 0 aliphatic heterocycles. The van der Waals surface area contributed by atoms with E-state index in [1.165, 1.54) is 16.4 Å². The number of carbonyl (C=O) groups excluding carboxylic acids is 1. The van der Waals surface area contributed by atoms with Gasteiger partial charge in [-0.15, -0.1) is 10.2 Å². The Hall–Kier alpha value is -1.73. The maximum atomic E-state index is 11.9. The Kier molecular flexibility index (Phi) is 4.51. The maximum absolute atomic E-state index is 11.9. The van der Waals surface area contributed by atoms with Crippen LogP contribution in [0.4, 0.5) is 5.69 Å². The molecule has 2 aromatic rings. The number of anilines is 1. The third kappa shape index (κ3) is 3.43. The van der Waals surface area contributed by atoms with Crippen LogP contribution in [0.25, 0.3) is 0 Å². The number of aryl methyl sites for hydroxylation is 2. The molecule has 8 heteroatoms. The van der Waals surface area contributed by atoms with Crippen molar-refractivity contribution in [1.29, 1.82) is 0 Å². The molecule has 0 saturated carbocycles. The minimum Gasteiger partial charge on any atom is -0.336 e. The Morgan fingerprint density at radius 1 is 1.45 bits per heavy atom. The van der Waals surface area contributed by atoms with Gasteiger partial charge in [-0.3, -0.25) is 4.79 Å². The molecule has 20 heavy (non-hydrogen) atoms. The van der Waals surface area contributed by atoms with Gasteiger partial charge in [0.15, 0.2) is 0 Å².